The monoisotopic (exact) mass is 348 g/mol. The van der Waals surface area contributed by atoms with Gasteiger partial charge in [0.2, 0.25) is 5.91 Å². The molecule has 0 spiro atoms. The second kappa shape index (κ2) is 8.81. The lowest BCUT2D eigenvalue weighted by molar-refractivity contribution is -0.128. The van der Waals surface area contributed by atoms with E-state index in [1.165, 1.54) is 12.0 Å². The van der Waals surface area contributed by atoms with E-state index in [4.69, 9.17) is 4.74 Å². The van der Waals surface area contributed by atoms with Crippen LogP contribution in [0.1, 0.15) is 45.1 Å². The van der Waals surface area contributed by atoms with Crippen molar-refractivity contribution in [3.8, 4) is 0 Å². The standard InChI is InChI=1S/C19H32N4O2/c1-3-5-17-13-22(11-15-10-20-23(4-2)12-15)14-18(17)21-19(24)16-6-8-25-9-7-16/h10,12,16-18H,3-9,11,13-14H2,1-2H3,(H,21,24)/t17-,18-/m0/s1. The molecule has 0 aromatic carbocycles. The Bertz CT molecular complexity index is 553. The van der Waals surface area contributed by atoms with Crippen molar-refractivity contribution in [2.75, 3.05) is 26.3 Å². The van der Waals surface area contributed by atoms with Gasteiger partial charge in [0.25, 0.3) is 0 Å². The maximum atomic E-state index is 12.6. The van der Waals surface area contributed by atoms with Crippen LogP contribution in [0.4, 0.5) is 0 Å². The second-order valence-corrected chi connectivity index (χ2v) is 7.45. The van der Waals surface area contributed by atoms with Crippen LogP contribution in [0.25, 0.3) is 0 Å². The maximum Gasteiger partial charge on any atom is 0.223 e. The lowest BCUT2D eigenvalue weighted by atomic mass is 9.95. The number of amides is 1. The van der Waals surface area contributed by atoms with E-state index in [-0.39, 0.29) is 17.9 Å². The Labute approximate surface area is 150 Å². The van der Waals surface area contributed by atoms with Crippen LogP contribution in [-0.2, 0) is 22.6 Å². The number of hydrogen-bond donors (Lipinski definition) is 1. The van der Waals surface area contributed by atoms with Crippen molar-refractivity contribution in [3.05, 3.63) is 18.0 Å². The fraction of sp³-hybridized carbons (Fsp3) is 0.789. The third-order valence-corrected chi connectivity index (χ3v) is 5.51. The quantitative estimate of drug-likeness (QED) is 0.819. The minimum Gasteiger partial charge on any atom is -0.381 e. The Hall–Kier alpha value is -1.40. The zero-order valence-corrected chi connectivity index (χ0v) is 15.6. The van der Waals surface area contributed by atoms with Gasteiger partial charge >= 0.3 is 0 Å². The molecule has 2 fully saturated rings. The van der Waals surface area contributed by atoms with Crippen molar-refractivity contribution in [1.82, 2.24) is 20.0 Å². The number of nitrogens with one attached hydrogen (secondary N) is 1. The summed E-state index contributed by atoms with van der Waals surface area (Å²) in [7, 11) is 0. The number of nitrogens with zero attached hydrogens (tertiary/aromatic N) is 3. The highest BCUT2D eigenvalue weighted by molar-refractivity contribution is 5.79. The molecular weight excluding hydrogens is 316 g/mol. The number of ether oxygens (including phenoxy) is 1. The Morgan fingerprint density at radius 3 is 2.80 bits per heavy atom. The number of carbonyl (C=O) groups excluding carboxylic acids is 1. The molecule has 3 heterocycles. The summed E-state index contributed by atoms with van der Waals surface area (Å²) in [5.74, 6) is 0.915. The molecule has 2 aliphatic rings. The van der Waals surface area contributed by atoms with Gasteiger partial charge in [-0.05, 0) is 32.1 Å². The van der Waals surface area contributed by atoms with Crippen LogP contribution in [0.3, 0.4) is 0 Å². The van der Waals surface area contributed by atoms with Gasteiger partial charge in [-0.3, -0.25) is 14.4 Å². The molecular formula is C19H32N4O2. The van der Waals surface area contributed by atoms with Crippen molar-refractivity contribution >= 4 is 5.91 Å². The average Bonchev–Trinajstić information content (AvgIpc) is 3.23. The molecule has 2 atom stereocenters. The number of aryl methyl sites for hydroxylation is 1. The lowest BCUT2D eigenvalue weighted by Gasteiger charge is -2.25. The molecule has 0 bridgehead atoms. The number of hydrogen-bond acceptors (Lipinski definition) is 4. The highest BCUT2D eigenvalue weighted by Crippen LogP contribution is 2.24. The SMILES string of the molecule is CCC[C@H]1CN(Cc2cnn(CC)c2)C[C@@H]1NC(=O)C1CCOCC1. The van der Waals surface area contributed by atoms with Crippen LogP contribution in [0.5, 0.6) is 0 Å². The first-order valence-electron chi connectivity index (χ1n) is 9.81. The van der Waals surface area contributed by atoms with Crippen molar-refractivity contribution in [2.24, 2.45) is 11.8 Å². The largest absolute Gasteiger partial charge is 0.381 e. The predicted molar refractivity (Wildman–Crippen MR) is 97.0 cm³/mol. The fourth-order valence-corrected chi connectivity index (χ4v) is 4.10. The van der Waals surface area contributed by atoms with E-state index in [0.29, 0.717) is 19.1 Å². The van der Waals surface area contributed by atoms with Crippen LogP contribution in [-0.4, -0.2) is 52.9 Å². The summed E-state index contributed by atoms with van der Waals surface area (Å²) < 4.78 is 7.35. The van der Waals surface area contributed by atoms with E-state index in [0.717, 1.165) is 45.4 Å². The average molecular weight is 348 g/mol. The van der Waals surface area contributed by atoms with Gasteiger partial charge < -0.3 is 10.1 Å². The fourth-order valence-electron chi connectivity index (χ4n) is 4.10. The van der Waals surface area contributed by atoms with Gasteiger partial charge in [0.05, 0.1) is 6.20 Å². The molecule has 25 heavy (non-hydrogen) atoms. The van der Waals surface area contributed by atoms with Crippen LogP contribution in [0.15, 0.2) is 12.4 Å². The molecule has 3 rings (SSSR count). The van der Waals surface area contributed by atoms with Crippen molar-refractivity contribution < 1.29 is 9.53 Å². The van der Waals surface area contributed by atoms with Gasteiger partial charge in [0, 0.05) is 63.1 Å². The summed E-state index contributed by atoms with van der Waals surface area (Å²) in [6.07, 6.45) is 8.14. The summed E-state index contributed by atoms with van der Waals surface area (Å²) in [6, 6.07) is 0.275. The first-order chi connectivity index (χ1) is 12.2. The van der Waals surface area contributed by atoms with Crippen LogP contribution >= 0.6 is 0 Å². The van der Waals surface area contributed by atoms with Crippen molar-refractivity contribution in [3.63, 3.8) is 0 Å². The molecule has 0 unspecified atom stereocenters. The van der Waals surface area contributed by atoms with Gasteiger partial charge in [-0.1, -0.05) is 13.3 Å². The Balaban J connectivity index is 1.56. The van der Waals surface area contributed by atoms with E-state index >= 15 is 0 Å². The molecule has 0 saturated carbocycles. The van der Waals surface area contributed by atoms with E-state index < -0.39 is 0 Å². The van der Waals surface area contributed by atoms with E-state index in [1.54, 1.807) is 0 Å². The molecule has 0 aliphatic carbocycles. The van der Waals surface area contributed by atoms with E-state index in [9.17, 15) is 4.79 Å². The summed E-state index contributed by atoms with van der Waals surface area (Å²) in [4.78, 5) is 15.1. The van der Waals surface area contributed by atoms with E-state index in [2.05, 4.69) is 35.4 Å². The molecule has 1 aromatic rings. The van der Waals surface area contributed by atoms with Crippen LogP contribution in [0, 0.1) is 11.8 Å². The third-order valence-electron chi connectivity index (χ3n) is 5.51. The Morgan fingerprint density at radius 2 is 2.12 bits per heavy atom. The topological polar surface area (TPSA) is 59.4 Å². The van der Waals surface area contributed by atoms with Crippen molar-refractivity contribution in [2.45, 2.75) is 58.7 Å². The molecule has 6 heteroatoms. The summed E-state index contributed by atoms with van der Waals surface area (Å²) in [6.45, 7) is 9.59. The molecule has 2 aliphatic heterocycles. The molecule has 2 saturated heterocycles. The highest BCUT2D eigenvalue weighted by atomic mass is 16.5. The van der Waals surface area contributed by atoms with Gasteiger partial charge in [-0.2, -0.15) is 5.10 Å². The molecule has 1 aromatic heterocycles. The first kappa shape index (κ1) is 18.4. The lowest BCUT2D eigenvalue weighted by Crippen LogP contribution is -2.44. The normalized spacial score (nSPS) is 25.4. The number of rotatable bonds is 7. The molecule has 1 N–H and O–H groups in total. The summed E-state index contributed by atoms with van der Waals surface area (Å²) in [5, 5.41) is 7.73. The van der Waals surface area contributed by atoms with E-state index in [1.807, 2.05) is 10.9 Å². The predicted octanol–water partition coefficient (Wildman–Crippen LogP) is 2.05. The van der Waals surface area contributed by atoms with Gasteiger partial charge in [0.15, 0.2) is 0 Å². The van der Waals surface area contributed by atoms with Gasteiger partial charge in [-0.15, -0.1) is 0 Å². The molecule has 140 valence electrons. The number of carbonyl (C=O) groups is 1. The maximum absolute atomic E-state index is 12.6. The molecule has 1 amide bonds. The second-order valence-electron chi connectivity index (χ2n) is 7.45. The van der Waals surface area contributed by atoms with Gasteiger partial charge in [-0.25, -0.2) is 0 Å². The minimum atomic E-state index is 0.132. The smallest absolute Gasteiger partial charge is 0.223 e. The summed E-state index contributed by atoms with van der Waals surface area (Å²) >= 11 is 0. The van der Waals surface area contributed by atoms with Crippen LogP contribution in [0.2, 0.25) is 0 Å². The van der Waals surface area contributed by atoms with Crippen molar-refractivity contribution in [1.29, 1.82) is 0 Å². The summed E-state index contributed by atoms with van der Waals surface area (Å²) in [5.41, 5.74) is 1.26. The first-order valence-corrected chi connectivity index (χ1v) is 9.81. The third kappa shape index (κ3) is 4.82. The Kier molecular flexibility index (Phi) is 6.48. The number of aromatic nitrogens is 2. The van der Waals surface area contributed by atoms with Crippen LogP contribution < -0.4 is 5.32 Å². The Morgan fingerprint density at radius 1 is 1.32 bits per heavy atom. The molecule has 0 radical (unpaired) electrons. The zero-order chi connectivity index (χ0) is 17.6. The highest BCUT2D eigenvalue weighted by Gasteiger charge is 2.34. The minimum absolute atomic E-state index is 0.132. The number of likely N-dealkylation sites (tertiary alicyclic amines) is 1. The molecule has 6 nitrogen and oxygen atoms in total. The zero-order valence-electron chi connectivity index (χ0n) is 15.6. The van der Waals surface area contributed by atoms with Gasteiger partial charge in [0.1, 0.15) is 0 Å².